The van der Waals surface area contributed by atoms with Crippen molar-refractivity contribution < 1.29 is 14.3 Å². The third-order valence-electron chi connectivity index (χ3n) is 4.85. The molecule has 0 bridgehead atoms. The smallest absolute Gasteiger partial charge is 0.253 e. The van der Waals surface area contributed by atoms with Crippen LogP contribution in [0.1, 0.15) is 37.7 Å². The minimum absolute atomic E-state index is 0.0840. The lowest BCUT2D eigenvalue weighted by atomic mass is 10.0. The first-order valence-electron chi connectivity index (χ1n) is 9.19. The van der Waals surface area contributed by atoms with Crippen molar-refractivity contribution in [1.29, 1.82) is 0 Å². The fourth-order valence-corrected chi connectivity index (χ4v) is 3.35. The largest absolute Gasteiger partial charge is 0.368 e. The summed E-state index contributed by atoms with van der Waals surface area (Å²) in [5.74, 6) is 0.617. The van der Waals surface area contributed by atoms with E-state index in [9.17, 15) is 9.59 Å². The summed E-state index contributed by atoms with van der Waals surface area (Å²) in [4.78, 5) is 24.1. The molecule has 1 aromatic carbocycles. The zero-order valence-corrected chi connectivity index (χ0v) is 14.6. The van der Waals surface area contributed by atoms with Gasteiger partial charge in [-0.2, -0.15) is 0 Å². The third kappa shape index (κ3) is 5.54. The molecule has 0 radical (unpaired) electrons. The highest BCUT2D eigenvalue weighted by molar-refractivity contribution is 5.94. The van der Waals surface area contributed by atoms with Crippen molar-refractivity contribution in [2.75, 3.05) is 25.0 Å². The Kier molecular flexibility index (Phi) is 6.42. The molecule has 25 heavy (non-hydrogen) atoms. The molecule has 6 nitrogen and oxygen atoms in total. The van der Waals surface area contributed by atoms with Crippen molar-refractivity contribution in [2.45, 2.75) is 44.8 Å². The lowest BCUT2D eigenvalue weighted by Gasteiger charge is -2.12. The summed E-state index contributed by atoms with van der Waals surface area (Å²) in [6, 6.07) is 7.58. The first kappa shape index (κ1) is 17.9. The van der Waals surface area contributed by atoms with Crippen LogP contribution in [0.25, 0.3) is 0 Å². The number of hydrogen-bond acceptors (Lipinski definition) is 4. The summed E-state index contributed by atoms with van der Waals surface area (Å²) in [6.07, 6.45) is 4.05. The summed E-state index contributed by atoms with van der Waals surface area (Å²) in [7, 11) is 0. The van der Waals surface area contributed by atoms with E-state index in [-0.39, 0.29) is 17.9 Å². The summed E-state index contributed by atoms with van der Waals surface area (Å²) < 4.78 is 5.39. The molecular weight excluding hydrogens is 318 g/mol. The van der Waals surface area contributed by atoms with E-state index in [1.54, 1.807) is 0 Å². The van der Waals surface area contributed by atoms with E-state index < -0.39 is 0 Å². The first-order chi connectivity index (χ1) is 12.2. The number of rotatable bonds is 7. The minimum Gasteiger partial charge on any atom is -0.368 e. The first-order valence-corrected chi connectivity index (χ1v) is 9.19. The van der Waals surface area contributed by atoms with Crippen LogP contribution in [-0.2, 0) is 20.9 Å². The molecule has 2 fully saturated rings. The van der Waals surface area contributed by atoms with Gasteiger partial charge in [0.25, 0.3) is 5.91 Å². The average Bonchev–Trinajstić information content (AvgIpc) is 3.32. The normalized spacial score (nSPS) is 22.7. The number of amides is 2. The fourth-order valence-electron chi connectivity index (χ4n) is 3.35. The SMILES string of the molecule is O=C(CCC1CCNC1)NCc1cccc(NC(=O)C2CCCO2)c1. The second-order valence-electron chi connectivity index (χ2n) is 6.87. The lowest BCUT2D eigenvalue weighted by molar-refractivity contribution is -0.124. The van der Waals surface area contributed by atoms with Gasteiger partial charge < -0.3 is 20.7 Å². The molecule has 2 amide bonds. The molecule has 6 heteroatoms. The molecule has 136 valence electrons. The van der Waals surface area contributed by atoms with Gasteiger partial charge in [-0.25, -0.2) is 0 Å². The lowest BCUT2D eigenvalue weighted by Crippen LogP contribution is -2.27. The monoisotopic (exact) mass is 345 g/mol. The molecule has 0 aliphatic carbocycles. The Balaban J connectivity index is 1.42. The van der Waals surface area contributed by atoms with Crippen molar-refractivity contribution in [2.24, 2.45) is 5.92 Å². The Labute approximate surface area is 148 Å². The highest BCUT2D eigenvalue weighted by atomic mass is 16.5. The van der Waals surface area contributed by atoms with Crippen molar-refractivity contribution >= 4 is 17.5 Å². The average molecular weight is 345 g/mol. The summed E-state index contributed by atoms with van der Waals surface area (Å²) >= 11 is 0. The van der Waals surface area contributed by atoms with E-state index in [0.29, 0.717) is 25.5 Å². The predicted octanol–water partition coefficient (Wildman–Crippen LogP) is 1.81. The molecule has 2 unspecified atom stereocenters. The van der Waals surface area contributed by atoms with E-state index in [1.165, 1.54) is 6.42 Å². The molecule has 3 N–H and O–H groups in total. The highest BCUT2D eigenvalue weighted by Gasteiger charge is 2.23. The standard InChI is InChI=1S/C19H27N3O3/c23-18(7-6-14-8-9-20-12-14)21-13-15-3-1-4-16(11-15)22-19(24)17-5-2-10-25-17/h1,3-4,11,14,17,20H,2,5-10,12-13H2,(H,21,23)(H,22,24). The van der Waals surface area contributed by atoms with Crippen LogP contribution < -0.4 is 16.0 Å². The Bertz CT molecular complexity index is 593. The Hall–Kier alpha value is -1.92. The fraction of sp³-hybridized carbons (Fsp3) is 0.579. The minimum atomic E-state index is -0.339. The highest BCUT2D eigenvalue weighted by Crippen LogP contribution is 2.17. The Morgan fingerprint density at radius 3 is 2.96 bits per heavy atom. The number of hydrogen-bond donors (Lipinski definition) is 3. The predicted molar refractivity (Wildman–Crippen MR) is 96.1 cm³/mol. The van der Waals surface area contributed by atoms with E-state index >= 15 is 0 Å². The molecule has 0 aromatic heterocycles. The maximum atomic E-state index is 12.1. The van der Waals surface area contributed by atoms with Crippen LogP contribution in [-0.4, -0.2) is 37.6 Å². The van der Waals surface area contributed by atoms with Crippen LogP contribution in [0.2, 0.25) is 0 Å². The molecule has 1 aromatic rings. The number of carbonyl (C=O) groups is 2. The van der Waals surface area contributed by atoms with Gasteiger partial charge in [0.05, 0.1) is 0 Å². The topological polar surface area (TPSA) is 79.5 Å². The number of benzene rings is 1. The van der Waals surface area contributed by atoms with Gasteiger partial charge in [0.1, 0.15) is 6.10 Å². The molecule has 0 saturated carbocycles. The van der Waals surface area contributed by atoms with Gasteiger partial charge in [-0.1, -0.05) is 12.1 Å². The van der Waals surface area contributed by atoms with Crippen LogP contribution in [0.15, 0.2) is 24.3 Å². The van der Waals surface area contributed by atoms with Crippen molar-refractivity contribution in [3.05, 3.63) is 29.8 Å². The van der Waals surface area contributed by atoms with Crippen LogP contribution in [0.3, 0.4) is 0 Å². The van der Waals surface area contributed by atoms with E-state index in [0.717, 1.165) is 43.6 Å². The van der Waals surface area contributed by atoms with Crippen molar-refractivity contribution in [1.82, 2.24) is 10.6 Å². The van der Waals surface area contributed by atoms with Gasteiger partial charge in [0.2, 0.25) is 5.91 Å². The molecule has 2 aliphatic rings. The van der Waals surface area contributed by atoms with Crippen molar-refractivity contribution in [3.63, 3.8) is 0 Å². The molecule has 3 rings (SSSR count). The van der Waals surface area contributed by atoms with E-state index in [2.05, 4.69) is 16.0 Å². The molecular formula is C19H27N3O3. The molecule has 2 heterocycles. The quantitative estimate of drug-likeness (QED) is 0.704. The summed E-state index contributed by atoms with van der Waals surface area (Å²) in [5.41, 5.74) is 1.71. The number of carbonyl (C=O) groups excluding carboxylic acids is 2. The van der Waals surface area contributed by atoms with Gasteiger partial charge in [-0.3, -0.25) is 9.59 Å². The summed E-state index contributed by atoms with van der Waals surface area (Å²) in [5, 5.41) is 9.17. The van der Waals surface area contributed by atoms with Gasteiger partial charge in [0, 0.05) is 25.3 Å². The number of nitrogens with one attached hydrogen (secondary N) is 3. The maximum absolute atomic E-state index is 12.1. The van der Waals surface area contributed by atoms with Crippen LogP contribution in [0.4, 0.5) is 5.69 Å². The Morgan fingerprint density at radius 1 is 1.28 bits per heavy atom. The van der Waals surface area contributed by atoms with Gasteiger partial charge >= 0.3 is 0 Å². The van der Waals surface area contributed by atoms with Crippen LogP contribution in [0, 0.1) is 5.92 Å². The number of anilines is 1. The molecule has 0 spiro atoms. The second-order valence-corrected chi connectivity index (χ2v) is 6.87. The van der Waals surface area contributed by atoms with Crippen molar-refractivity contribution in [3.8, 4) is 0 Å². The number of ether oxygens (including phenoxy) is 1. The van der Waals surface area contributed by atoms with Gasteiger partial charge in [-0.15, -0.1) is 0 Å². The molecule has 2 saturated heterocycles. The van der Waals surface area contributed by atoms with Gasteiger partial charge in [0.15, 0.2) is 0 Å². The van der Waals surface area contributed by atoms with Gasteiger partial charge in [-0.05, 0) is 62.4 Å². The maximum Gasteiger partial charge on any atom is 0.253 e. The third-order valence-corrected chi connectivity index (χ3v) is 4.85. The van der Waals surface area contributed by atoms with Crippen LogP contribution >= 0.6 is 0 Å². The van der Waals surface area contributed by atoms with E-state index in [4.69, 9.17) is 4.74 Å². The zero-order chi connectivity index (χ0) is 17.5. The van der Waals surface area contributed by atoms with E-state index in [1.807, 2.05) is 24.3 Å². The summed E-state index contributed by atoms with van der Waals surface area (Å²) in [6.45, 7) is 3.23. The molecule has 2 aliphatic heterocycles. The molecule has 2 atom stereocenters. The van der Waals surface area contributed by atoms with Crippen LogP contribution in [0.5, 0.6) is 0 Å². The zero-order valence-electron chi connectivity index (χ0n) is 14.6. The second kappa shape index (κ2) is 8.97. The Morgan fingerprint density at radius 2 is 2.20 bits per heavy atom.